The van der Waals surface area contributed by atoms with E-state index in [0.717, 1.165) is 56.8 Å². The van der Waals surface area contributed by atoms with Crippen molar-refractivity contribution in [2.75, 3.05) is 37.7 Å². The summed E-state index contributed by atoms with van der Waals surface area (Å²) >= 11 is 0. The number of pyridine rings is 1. The Morgan fingerprint density at radius 2 is 1.83 bits per heavy atom. The zero-order valence-electron chi connectivity index (χ0n) is 17.3. The van der Waals surface area contributed by atoms with Crippen molar-refractivity contribution < 1.29 is 9.59 Å². The highest BCUT2D eigenvalue weighted by Crippen LogP contribution is 2.32. The molecule has 1 N–H and O–H groups in total. The number of amides is 3. The summed E-state index contributed by atoms with van der Waals surface area (Å²) in [4.78, 5) is 36.2. The van der Waals surface area contributed by atoms with Gasteiger partial charge in [-0.2, -0.15) is 0 Å². The Hall–Kier alpha value is -2.93. The molecule has 3 heterocycles. The van der Waals surface area contributed by atoms with Gasteiger partial charge in [0.2, 0.25) is 0 Å². The molecule has 1 atom stereocenters. The molecule has 156 valence electrons. The third-order valence-corrected chi connectivity index (χ3v) is 6.64. The molecule has 1 aliphatic carbocycles. The molecule has 7 nitrogen and oxygen atoms in total. The summed E-state index contributed by atoms with van der Waals surface area (Å²) in [6.07, 6.45) is 5.11. The number of rotatable bonds is 4. The summed E-state index contributed by atoms with van der Waals surface area (Å²) in [5, 5.41) is 2.95. The molecule has 1 aromatic carbocycles. The predicted octanol–water partition coefficient (Wildman–Crippen LogP) is 2.12. The number of urea groups is 1. The number of carbonyl (C=O) groups excluding carboxylic acids is 2. The fourth-order valence-corrected chi connectivity index (χ4v) is 4.76. The molecule has 7 heteroatoms. The van der Waals surface area contributed by atoms with Crippen molar-refractivity contribution in [2.24, 2.45) is 0 Å². The molecule has 1 aromatic heterocycles. The number of aryl methyl sites for hydroxylation is 2. The molecule has 3 amide bonds. The largest absolute Gasteiger partial charge is 0.354 e. The Kier molecular flexibility index (Phi) is 4.70. The highest BCUT2D eigenvalue weighted by atomic mass is 16.2. The summed E-state index contributed by atoms with van der Waals surface area (Å²) in [6, 6.07) is 11.8. The van der Waals surface area contributed by atoms with Crippen LogP contribution in [0.5, 0.6) is 0 Å². The second kappa shape index (κ2) is 7.40. The van der Waals surface area contributed by atoms with Crippen molar-refractivity contribution >= 4 is 17.8 Å². The Balaban J connectivity index is 1.26. The van der Waals surface area contributed by atoms with Gasteiger partial charge >= 0.3 is 6.03 Å². The standard InChI is InChI=1S/C23H27N5O2/c1-23(19-9-8-17-5-4-6-18(17)15-19)21(29)28(22(30)25-23)16-26-11-13-27(14-12-26)20-7-2-3-10-24-20/h2-3,7-10,15H,4-6,11-14,16H2,1H3,(H,25,30)/t23-/m1/s1. The molecule has 0 radical (unpaired) electrons. The van der Waals surface area contributed by atoms with Crippen molar-refractivity contribution in [3.8, 4) is 0 Å². The fraction of sp³-hybridized carbons (Fsp3) is 0.435. The number of carbonyl (C=O) groups is 2. The Bertz CT molecular complexity index is 971. The first kappa shape index (κ1) is 19.1. The van der Waals surface area contributed by atoms with Crippen LogP contribution in [0, 0.1) is 0 Å². The van der Waals surface area contributed by atoms with E-state index >= 15 is 0 Å². The molecular formula is C23H27N5O2. The molecule has 5 rings (SSSR count). The minimum atomic E-state index is -0.996. The van der Waals surface area contributed by atoms with Gasteiger partial charge in [-0.15, -0.1) is 0 Å². The van der Waals surface area contributed by atoms with Gasteiger partial charge in [-0.1, -0.05) is 24.3 Å². The lowest BCUT2D eigenvalue weighted by molar-refractivity contribution is -0.132. The number of nitrogens with zero attached hydrogens (tertiary/aromatic N) is 4. The molecule has 0 saturated carbocycles. The highest BCUT2D eigenvalue weighted by Gasteiger charge is 2.49. The van der Waals surface area contributed by atoms with Gasteiger partial charge in [-0.05, 0) is 55.0 Å². The van der Waals surface area contributed by atoms with Gasteiger partial charge in [0.05, 0.1) is 6.67 Å². The predicted molar refractivity (Wildman–Crippen MR) is 114 cm³/mol. The number of anilines is 1. The SMILES string of the molecule is C[C@]1(c2ccc3c(c2)CCC3)NC(=O)N(CN2CCN(c3ccccn3)CC2)C1=O. The molecule has 0 bridgehead atoms. The van der Waals surface area contributed by atoms with Crippen LogP contribution in [0.4, 0.5) is 10.6 Å². The van der Waals surface area contributed by atoms with Crippen LogP contribution in [0.3, 0.4) is 0 Å². The summed E-state index contributed by atoms with van der Waals surface area (Å²) in [7, 11) is 0. The molecule has 2 aromatic rings. The van der Waals surface area contributed by atoms with E-state index in [1.807, 2.05) is 31.2 Å². The number of hydrogen-bond acceptors (Lipinski definition) is 5. The average Bonchev–Trinajstić information content (AvgIpc) is 3.33. The number of aromatic nitrogens is 1. The van der Waals surface area contributed by atoms with Crippen LogP contribution in [0.1, 0.15) is 30.0 Å². The van der Waals surface area contributed by atoms with Crippen LogP contribution in [-0.4, -0.2) is 59.6 Å². The molecule has 0 spiro atoms. The third-order valence-electron chi connectivity index (χ3n) is 6.64. The molecule has 2 aliphatic heterocycles. The van der Waals surface area contributed by atoms with E-state index in [9.17, 15) is 9.59 Å². The fourth-order valence-electron chi connectivity index (χ4n) is 4.76. The third kappa shape index (κ3) is 3.23. The molecule has 3 aliphatic rings. The Morgan fingerprint density at radius 1 is 1.03 bits per heavy atom. The first-order valence-corrected chi connectivity index (χ1v) is 10.7. The average molecular weight is 406 g/mol. The van der Waals surface area contributed by atoms with Gasteiger partial charge in [0, 0.05) is 32.4 Å². The number of hydrogen-bond donors (Lipinski definition) is 1. The number of benzene rings is 1. The first-order chi connectivity index (χ1) is 14.5. The van der Waals surface area contributed by atoms with Crippen LogP contribution in [0.15, 0.2) is 42.6 Å². The van der Waals surface area contributed by atoms with Crippen LogP contribution >= 0.6 is 0 Å². The molecule has 0 unspecified atom stereocenters. The van der Waals surface area contributed by atoms with E-state index in [1.54, 1.807) is 6.20 Å². The van der Waals surface area contributed by atoms with Crippen molar-refractivity contribution in [3.05, 3.63) is 59.3 Å². The quantitative estimate of drug-likeness (QED) is 0.789. The van der Waals surface area contributed by atoms with Crippen molar-refractivity contribution in [2.45, 2.75) is 31.7 Å². The highest BCUT2D eigenvalue weighted by molar-refractivity contribution is 6.07. The summed E-state index contributed by atoms with van der Waals surface area (Å²) in [6.45, 7) is 5.35. The van der Waals surface area contributed by atoms with E-state index in [-0.39, 0.29) is 11.9 Å². The molecule has 30 heavy (non-hydrogen) atoms. The van der Waals surface area contributed by atoms with Gasteiger partial charge in [0.15, 0.2) is 0 Å². The number of piperazine rings is 1. The van der Waals surface area contributed by atoms with E-state index in [0.29, 0.717) is 6.67 Å². The number of fused-ring (bicyclic) bond motifs is 1. The van der Waals surface area contributed by atoms with Crippen LogP contribution in [0.2, 0.25) is 0 Å². The Labute approximate surface area is 176 Å². The summed E-state index contributed by atoms with van der Waals surface area (Å²) in [5.41, 5.74) is 2.55. The second-order valence-electron chi connectivity index (χ2n) is 8.56. The van der Waals surface area contributed by atoms with E-state index in [1.165, 1.54) is 16.0 Å². The van der Waals surface area contributed by atoms with Crippen LogP contribution in [-0.2, 0) is 23.2 Å². The van der Waals surface area contributed by atoms with Gasteiger partial charge in [0.1, 0.15) is 11.4 Å². The topological polar surface area (TPSA) is 68.8 Å². The number of imide groups is 1. The maximum atomic E-state index is 13.3. The first-order valence-electron chi connectivity index (χ1n) is 10.7. The molecular weight excluding hydrogens is 378 g/mol. The normalized spacial score (nSPS) is 24.3. The second-order valence-corrected chi connectivity index (χ2v) is 8.56. The Morgan fingerprint density at radius 3 is 2.60 bits per heavy atom. The van der Waals surface area contributed by atoms with Gasteiger partial charge < -0.3 is 10.2 Å². The zero-order chi connectivity index (χ0) is 20.7. The maximum Gasteiger partial charge on any atom is 0.326 e. The lowest BCUT2D eigenvalue weighted by Crippen LogP contribution is -2.51. The smallest absolute Gasteiger partial charge is 0.326 e. The summed E-state index contributed by atoms with van der Waals surface area (Å²) in [5.74, 6) is 0.800. The van der Waals surface area contributed by atoms with Crippen LogP contribution in [0.25, 0.3) is 0 Å². The van der Waals surface area contributed by atoms with Gasteiger partial charge in [-0.3, -0.25) is 9.69 Å². The van der Waals surface area contributed by atoms with Crippen molar-refractivity contribution in [3.63, 3.8) is 0 Å². The number of nitrogens with one attached hydrogen (secondary N) is 1. The van der Waals surface area contributed by atoms with E-state index in [2.05, 4.69) is 32.2 Å². The van der Waals surface area contributed by atoms with Gasteiger partial charge in [0.25, 0.3) is 5.91 Å². The monoisotopic (exact) mass is 405 g/mol. The molecule has 2 saturated heterocycles. The maximum absolute atomic E-state index is 13.3. The lowest BCUT2D eigenvalue weighted by atomic mass is 9.90. The van der Waals surface area contributed by atoms with E-state index < -0.39 is 5.54 Å². The van der Waals surface area contributed by atoms with E-state index in [4.69, 9.17) is 0 Å². The minimum absolute atomic E-state index is 0.169. The van der Waals surface area contributed by atoms with Crippen molar-refractivity contribution in [1.82, 2.24) is 20.1 Å². The van der Waals surface area contributed by atoms with Gasteiger partial charge in [-0.25, -0.2) is 14.7 Å². The van der Waals surface area contributed by atoms with Crippen LogP contribution < -0.4 is 10.2 Å². The van der Waals surface area contributed by atoms with Crippen molar-refractivity contribution in [1.29, 1.82) is 0 Å². The summed E-state index contributed by atoms with van der Waals surface area (Å²) < 4.78 is 0. The molecule has 2 fully saturated rings. The zero-order valence-corrected chi connectivity index (χ0v) is 17.3. The lowest BCUT2D eigenvalue weighted by Gasteiger charge is -2.36. The minimum Gasteiger partial charge on any atom is -0.354 e.